The lowest BCUT2D eigenvalue weighted by molar-refractivity contribution is -0.118. The van der Waals surface area contributed by atoms with Gasteiger partial charge in [0.2, 0.25) is 0 Å². The van der Waals surface area contributed by atoms with Crippen molar-refractivity contribution >= 4 is 32.2 Å². The molecule has 3 rings (SSSR count). The molecule has 0 unspecified atom stereocenters. The van der Waals surface area contributed by atoms with Crippen molar-refractivity contribution in [2.45, 2.75) is 4.90 Å². The highest BCUT2D eigenvalue weighted by Gasteiger charge is 2.14. The summed E-state index contributed by atoms with van der Waals surface area (Å²) in [5.74, 6) is 0.148. The van der Waals surface area contributed by atoms with Gasteiger partial charge >= 0.3 is 0 Å². The van der Waals surface area contributed by atoms with Crippen molar-refractivity contribution in [2.24, 2.45) is 0 Å². The molecule has 3 aromatic carbocycles. The summed E-state index contributed by atoms with van der Waals surface area (Å²) in [6.07, 6.45) is 1.10. The van der Waals surface area contributed by atoms with Crippen molar-refractivity contribution in [3.05, 3.63) is 66.7 Å². The van der Waals surface area contributed by atoms with Gasteiger partial charge in [0.15, 0.2) is 16.4 Å². The first-order valence-corrected chi connectivity index (χ1v) is 9.53. The topological polar surface area (TPSA) is 72.5 Å². The molecule has 0 aliphatic heterocycles. The van der Waals surface area contributed by atoms with E-state index in [-0.39, 0.29) is 17.2 Å². The molecule has 1 N–H and O–H groups in total. The number of nitrogens with one attached hydrogen (secondary N) is 1. The molecule has 0 bridgehead atoms. The molecule has 1 amide bonds. The van der Waals surface area contributed by atoms with Gasteiger partial charge in [0.1, 0.15) is 5.75 Å². The first kappa shape index (κ1) is 17.0. The molecule has 0 fully saturated rings. The minimum Gasteiger partial charge on any atom is -0.484 e. The van der Waals surface area contributed by atoms with E-state index < -0.39 is 15.7 Å². The van der Waals surface area contributed by atoms with E-state index in [0.717, 1.165) is 17.0 Å². The van der Waals surface area contributed by atoms with Crippen LogP contribution in [-0.2, 0) is 14.6 Å². The minimum atomic E-state index is -3.43. The second kappa shape index (κ2) is 6.94. The molecule has 25 heavy (non-hydrogen) atoms. The molecule has 0 radical (unpaired) electrons. The molecule has 6 heteroatoms. The molecule has 128 valence electrons. The highest BCUT2D eigenvalue weighted by atomic mass is 32.2. The van der Waals surface area contributed by atoms with Gasteiger partial charge in [-0.3, -0.25) is 4.79 Å². The standard InChI is InChI=1S/C19H17NO4S/c1-25(22,23)18-9-5-4-8-17(18)20-19(21)13-24-16-11-10-14-6-2-3-7-15(14)12-16/h2-12H,13H2,1H3,(H,20,21). The number of anilines is 1. The molecule has 0 aliphatic carbocycles. The minimum absolute atomic E-state index is 0.0778. The molecule has 0 saturated heterocycles. The number of carbonyl (C=O) groups excluding carboxylic acids is 1. The first-order valence-electron chi connectivity index (χ1n) is 7.64. The fourth-order valence-corrected chi connectivity index (χ4v) is 3.33. The van der Waals surface area contributed by atoms with E-state index in [1.54, 1.807) is 24.3 Å². The van der Waals surface area contributed by atoms with Crippen LogP contribution in [0.5, 0.6) is 5.75 Å². The summed E-state index contributed by atoms with van der Waals surface area (Å²) >= 11 is 0. The normalized spacial score (nSPS) is 11.2. The zero-order valence-electron chi connectivity index (χ0n) is 13.6. The Kier molecular flexibility index (Phi) is 4.72. The van der Waals surface area contributed by atoms with Crippen LogP contribution in [-0.4, -0.2) is 27.2 Å². The van der Waals surface area contributed by atoms with E-state index in [9.17, 15) is 13.2 Å². The van der Waals surface area contributed by atoms with E-state index in [1.165, 1.54) is 6.07 Å². The van der Waals surface area contributed by atoms with Gasteiger partial charge in [0.05, 0.1) is 10.6 Å². The summed E-state index contributed by atoms with van der Waals surface area (Å²) in [7, 11) is -3.43. The summed E-state index contributed by atoms with van der Waals surface area (Å²) in [4.78, 5) is 12.2. The predicted octanol–water partition coefficient (Wildman–Crippen LogP) is 3.26. The van der Waals surface area contributed by atoms with Crippen molar-refractivity contribution in [1.82, 2.24) is 0 Å². The van der Waals surface area contributed by atoms with E-state index in [4.69, 9.17) is 4.74 Å². The summed E-state index contributed by atoms with van der Waals surface area (Å²) in [5, 5.41) is 4.68. The maximum Gasteiger partial charge on any atom is 0.262 e. The monoisotopic (exact) mass is 355 g/mol. The van der Waals surface area contributed by atoms with E-state index in [2.05, 4.69) is 5.32 Å². The Hall–Kier alpha value is -2.86. The third kappa shape index (κ3) is 4.16. The van der Waals surface area contributed by atoms with Crippen molar-refractivity contribution < 1.29 is 17.9 Å². The Bertz CT molecular complexity index is 1030. The van der Waals surface area contributed by atoms with Crippen LogP contribution in [0.2, 0.25) is 0 Å². The van der Waals surface area contributed by atoms with Gasteiger partial charge < -0.3 is 10.1 Å². The quantitative estimate of drug-likeness (QED) is 0.762. The van der Waals surface area contributed by atoms with Crippen LogP contribution >= 0.6 is 0 Å². The van der Waals surface area contributed by atoms with Crippen LogP contribution in [0.15, 0.2) is 71.6 Å². The van der Waals surface area contributed by atoms with Gasteiger partial charge in [0.25, 0.3) is 5.91 Å². The van der Waals surface area contributed by atoms with Crippen molar-refractivity contribution in [3.63, 3.8) is 0 Å². The largest absolute Gasteiger partial charge is 0.484 e. The summed E-state index contributed by atoms with van der Waals surface area (Å²) in [6, 6.07) is 19.7. The highest BCUT2D eigenvalue weighted by molar-refractivity contribution is 7.90. The Morgan fingerprint density at radius 3 is 2.40 bits per heavy atom. The average Bonchev–Trinajstić information content (AvgIpc) is 2.59. The van der Waals surface area contributed by atoms with Crippen LogP contribution in [0.4, 0.5) is 5.69 Å². The fraction of sp³-hybridized carbons (Fsp3) is 0.105. The van der Waals surface area contributed by atoms with Gasteiger partial charge in [-0.25, -0.2) is 8.42 Å². The van der Waals surface area contributed by atoms with Gasteiger partial charge in [-0.1, -0.05) is 42.5 Å². The molecule has 0 heterocycles. The van der Waals surface area contributed by atoms with Crippen LogP contribution in [0, 0.1) is 0 Å². The Morgan fingerprint density at radius 2 is 1.64 bits per heavy atom. The maximum absolute atomic E-state index is 12.1. The number of para-hydroxylation sites is 1. The molecule has 0 aliphatic rings. The first-order chi connectivity index (χ1) is 11.9. The van der Waals surface area contributed by atoms with Gasteiger partial charge in [0, 0.05) is 6.26 Å². The number of amides is 1. The fourth-order valence-electron chi connectivity index (χ4n) is 2.49. The zero-order valence-corrected chi connectivity index (χ0v) is 14.4. The molecule has 0 saturated carbocycles. The Labute approximate surface area is 146 Å². The lowest BCUT2D eigenvalue weighted by Gasteiger charge is -2.11. The second-order valence-electron chi connectivity index (χ2n) is 5.61. The highest BCUT2D eigenvalue weighted by Crippen LogP contribution is 2.22. The number of hydrogen-bond donors (Lipinski definition) is 1. The lowest BCUT2D eigenvalue weighted by atomic mass is 10.1. The average molecular weight is 355 g/mol. The molecule has 3 aromatic rings. The van der Waals surface area contributed by atoms with Gasteiger partial charge in [-0.15, -0.1) is 0 Å². The van der Waals surface area contributed by atoms with Crippen LogP contribution in [0.25, 0.3) is 10.8 Å². The smallest absolute Gasteiger partial charge is 0.262 e. The molecular formula is C19H17NO4S. The third-order valence-corrected chi connectivity index (χ3v) is 4.81. The number of benzene rings is 3. The Balaban J connectivity index is 1.69. The molecule has 5 nitrogen and oxygen atoms in total. The van der Waals surface area contributed by atoms with Gasteiger partial charge in [-0.05, 0) is 35.0 Å². The number of ether oxygens (including phenoxy) is 1. The molecular weight excluding hydrogens is 338 g/mol. The second-order valence-corrected chi connectivity index (χ2v) is 7.60. The summed E-state index contributed by atoms with van der Waals surface area (Å²) < 4.78 is 29.0. The van der Waals surface area contributed by atoms with Crippen molar-refractivity contribution in [2.75, 3.05) is 18.2 Å². The van der Waals surface area contributed by atoms with Crippen molar-refractivity contribution in [3.8, 4) is 5.75 Å². The van der Waals surface area contributed by atoms with Crippen LogP contribution in [0.1, 0.15) is 0 Å². The van der Waals surface area contributed by atoms with E-state index in [1.807, 2.05) is 36.4 Å². The number of carbonyl (C=O) groups is 1. The number of fused-ring (bicyclic) bond motifs is 1. The van der Waals surface area contributed by atoms with E-state index in [0.29, 0.717) is 5.75 Å². The van der Waals surface area contributed by atoms with Crippen molar-refractivity contribution in [1.29, 1.82) is 0 Å². The molecule has 0 spiro atoms. The third-order valence-electron chi connectivity index (χ3n) is 3.65. The zero-order chi connectivity index (χ0) is 17.9. The van der Waals surface area contributed by atoms with Crippen LogP contribution in [0.3, 0.4) is 0 Å². The lowest BCUT2D eigenvalue weighted by Crippen LogP contribution is -2.21. The Morgan fingerprint density at radius 1 is 0.960 bits per heavy atom. The maximum atomic E-state index is 12.1. The molecule has 0 atom stereocenters. The predicted molar refractivity (Wildman–Crippen MR) is 97.6 cm³/mol. The number of sulfone groups is 1. The molecule has 0 aromatic heterocycles. The van der Waals surface area contributed by atoms with Crippen LogP contribution < -0.4 is 10.1 Å². The van der Waals surface area contributed by atoms with E-state index >= 15 is 0 Å². The van der Waals surface area contributed by atoms with Gasteiger partial charge in [-0.2, -0.15) is 0 Å². The number of hydrogen-bond acceptors (Lipinski definition) is 4. The SMILES string of the molecule is CS(=O)(=O)c1ccccc1NC(=O)COc1ccc2ccccc2c1. The summed E-state index contributed by atoms with van der Waals surface area (Å²) in [5.41, 5.74) is 0.247. The number of rotatable bonds is 5. The summed E-state index contributed by atoms with van der Waals surface area (Å²) in [6.45, 7) is -0.212.